The molecule has 196 valence electrons. The summed E-state index contributed by atoms with van der Waals surface area (Å²) in [7, 11) is 0. The van der Waals surface area contributed by atoms with E-state index in [1.54, 1.807) is 0 Å². The fourth-order valence-corrected chi connectivity index (χ4v) is 4.41. The van der Waals surface area contributed by atoms with Crippen LogP contribution in [0, 0.1) is 5.41 Å². The molecule has 3 rings (SSSR count). The van der Waals surface area contributed by atoms with Crippen molar-refractivity contribution in [3.8, 4) is 0 Å². The number of halogens is 6. The van der Waals surface area contributed by atoms with Gasteiger partial charge in [-0.3, -0.25) is 4.90 Å². The lowest BCUT2D eigenvalue weighted by Crippen LogP contribution is -2.50. The zero-order valence-electron chi connectivity index (χ0n) is 18.5. The first-order valence-electron chi connectivity index (χ1n) is 10.3. The van der Waals surface area contributed by atoms with Gasteiger partial charge in [-0.15, -0.1) is 11.3 Å². The first-order valence-corrected chi connectivity index (χ1v) is 11.2. The second-order valence-corrected chi connectivity index (χ2v) is 8.95. The number of carboxylic acids is 2. The van der Waals surface area contributed by atoms with Gasteiger partial charge < -0.3 is 19.8 Å². The average Bonchev–Trinajstić information content (AvgIpc) is 3.15. The van der Waals surface area contributed by atoms with E-state index in [4.69, 9.17) is 24.5 Å². The van der Waals surface area contributed by atoms with Crippen molar-refractivity contribution in [2.45, 2.75) is 38.7 Å². The fourth-order valence-electron chi connectivity index (χ4n) is 3.67. The standard InChI is InChI=1S/C16H26N2OS.2C2HF3O2/c1-2-17-8-9-19-14-16(12-17)6-4-7-18(13-16)11-15-5-3-10-20-15;2*3-2(4,5)1(6)7/h3,5,10H,2,4,6-9,11-14H2,1H3;2*(H,6,7). The molecule has 2 saturated heterocycles. The van der Waals surface area contributed by atoms with Gasteiger partial charge in [-0.2, -0.15) is 26.3 Å². The molecule has 1 aromatic rings. The third-order valence-electron chi connectivity index (χ3n) is 5.15. The van der Waals surface area contributed by atoms with Crippen LogP contribution < -0.4 is 0 Å². The molecule has 1 unspecified atom stereocenters. The lowest BCUT2D eigenvalue weighted by Gasteiger charge is -2.43. The Bertz CT molecular complexity index is 736. The van der Waals surface area contributed by atoms with E-state index >= 15 is 0 Å². The summed E-state index contributed by atoms with van der Waals surface area (Å²) in [6.07, 6.45) is -7.53. The number of ether oxygens (including phenoxy) is 1. The Morgan fingerprint density at radius 2 is 1.62 bits per heavy atom. The zero-order chi connectivity index (χ0) is 26.0. The summed E-state index contributed by atoms with van der Waals surface area (Å²) in [5.41, 5.74) is 0.363. The molecule has 0 bridgehead atoms. The number of piperidine rings is 1. The lowest BCUT2D eigenvalue weighted by atomic mass is 9.80. The van der Waals surface area contributed by atoms with Crippen LogP contribution in [0.1, 0.15) is 24.6 Å². The summed E-state index contributed by atoms with van der Waals surface area (Å²) in [6.45, 7) is 11.1. The van der Waals surface area contributed by atoms with Crippen molar-refractivity contribution < 1.29 is 50.9 Å². The molecular weight excluding hydrogens is 494 g/mol. The number of rotatable bonds is 3. The van der Waals surface area contributed by atoms with Crippen molar-refractivity contribution in [1.82, 2.24) is 9.80 Å². The minimum Gasteiger partial charge on any atom is -0.475 e. The number of alkyl halides is 6. The molecule has 2 fully saturated rings. The molecule has 0 aromatic carbocycles. The number of nitrogens with zero attached hydrogens (tertiary/aromatic N) is 2. The molecule has 0 radical (unpaired) electrons. The number of likely N-dealkylation sites (tertiary alicyclic amines) is 1. The Kier molecular flexibility index (Phi) is 11.7. The van der Waals surface area contributed by atoms with Crippen molar-refractivity contribution in [2.75, 3.05) is 45.9 Å². The van der Waals surface area contributed by atoms with Crippen LogP contribution >= 0.6 is 11.3 Å². The highest BCUT2D eigenvalue weighted by molar-refractivity contribution is 7.09. The van der Waals surface area contributed by atoms with Gasteiger partial charge in [0, 0.05) is 36.5 Å². The SMILES string of the molecule is CCN1CCOCC2(CCCN(Cc3cccs3)C2)C1.O=C(O)C(F)(F)F.O=C(O)C(F)(F)F. The molecule has 2 N–H and O–H groups in total. The summed E-state index contributed by atoms with van der Waals surface area (Å²) in [6, 6.07) is 4.42. The van der Waals surface area contributed by atoms with Crippen LogP contribution in [0.4, 0.5) is 26.3 Å². The minimum absolute atomic E-state index is 0.363. The molecule has 3 heterocycles. The van der Waals surface area contributed by atoms with Crippen LogP contribution in [0.3, 0.4) is 0 Å². The quantitative estimate of drug-likeness (QED) is 0.581. The molecule has 0 saturated carbocycles. The zero-order valence-corrected chi connectivity index (χ0v) is 19.3. The van der Waals surface area contributed by atoms with Crippen LogP contribution in [-0.2, 0) is 20.9 Å². The van der Waals surface area contributed by atoms with Gasteiger partial charge in [-0.25, -0.2) is 9.59 Å². The highest BCUT2D eigenvalue weighted by atomic mass is 32.1. The maximum Gasteiger partial charge on any atom is 0.490 e. The van der Waals surface area contributed by atoms with E-state index in [1.165, 1.54) is 37.4 Å². The topological polar surface area (TPSA) is 90.3 Å². The van der Waals surface area contributed by atoms with Gasteiger partial charge in [0.1, 0.15) is 0 Å². The number of hydrogen-bond acceptors (Lipinski definition) is 6. The van der Waals surface area contributed by atoms with E-state index in [2.05, 4.69) is 34.2 Å². The van der Waals surface area contributed by atoms with Gasteiger partial charge in [-0.1, -0.05) is 13.0 Å². The normalized spacial score (nSPS) is 22.1. The molecule has 2 aliphatic heterocycles. The molecule has 1 atom stereocenters. The minimum atomic E-state index is -5.08. The Labute approximate surface area is 196 Å². The first kappa shape index (κ1) is 30.1. The van der Waals surface area contributed by atoms with Crippen molar-refractivity contribution in [3.63, 3.8) is 0 Å². The van der Waals surface area contributed by atoms with Crippen LogP contribution in [0.25, 0.3) is 0 Å². The Morgan fingerprint density at radius 3 is 2.09 bits per heavy atom. The third kappa shape index (κ3) is 11.0. The summed E-state index contributed by atoms with van der Waals surface area (Å²) >= 11 is 1.88. The van der Waals surface area contributed by atoms with E-state index in [-0.39, 0.29) is 0 Å². The summed E-state index contributed by atoms with van der Waals surface area (Å²) < 4.78 is 69.4. The number of carbonyl (C=O) groups is 2. The Balaban J connectivity index is 0.000000343. The van der Waals surface area contributed by atoms with Gasteiger partial charge in [0.05, 0.1) is 13.2 Å². The van der Waals surface area contributed by atoms with E-state index in [0.717, 1.165) is 32.8 Å². The molecule has 14 heteroatoms. The highest BCUT2D eigenvalue weighted by Gasteiger charge is 2.39. The number of thiophene rings is 1. The van der Waals surface area contributed by atoms with Crippen molar-refractivity contribution in [3.05, 3.63) is 22.4 Å². The second-order valence-electron chi connectivity index (χ2n) is 7.92. The van der Waals surface area contributed by atoms with Crippen molar-refractivity contribution in [2.24, 2.45) is 5.41 Å². The maximum absolute atomic E-state index is 10.6. The summed E-state index contributed by atoms with van der Waals surface area (Å²) in [5, 5.41) is 16.4. The largest absolute Gasteiger partial charge is 0.490 e. The van der Waals surface area contributed by atoms with Crippen LogP contribution in [0.15, 0.2) is 17.5 Å². The monoisotopic (exact) mass is 522 g/mol. The molecule has 34 heavy (non-hydrogen) atoms. The molecule has 0 aliphatic carbocycles. The van der Waals surface area contributed by atoms with Crippen molar-refractivity contribution >= 4 is 23.3 Å². The molecule has 0 amide bonds. The maximum atomic E-state index is 10.6. The van der Waals surface area contributed by atoms with Gasteiger partial charge in [0.15, 0.2) is 0 Å². The van der Waals surface area contributed by atoms with E-state index in [9.17, 15) is 26.3 Å². The number of likely N-dealkylation sites (N-methyl/N-ethyl adjacent to an activating group) is 1. The van der Waals surface area contributed by atoms with Gasteiger partial charge in [0.25, 0.3) is 0 Å². The number of aliphatic carboxylic acids is 2. The molecule has 1 aromatic heterocycles. The summed E-state index contributed by atoms with van der Waals surface area (Å²) in [5.74, 6) is -5.51. The second kappa shape index (κ2) is 13.3. The van der Waals surface area contributed by atoms with E-state index in [0.29, 0.717) is 5.41 Å². The first-order chi connectivity index (χ1) is 15.7. The van der Waals surface area contributed by atoms with Crippen LogP contribution in [0.5, 0.6) is 0 Å². The number of hydrogen-bond donors (Lipinski definition) is 2. The van der Waals surface area contributed by atoms with Crippen LogP contribution in [0.2, 0.25) is 0 Å². The fraction of sp³-hybridized carbons (Fsp3) is 0.700. The highest BCUT2D eigenvalue weighted by Crippen LogP contribution is 2.33. The number of carboxylic acid groups (broad SMARTS) is 2. The Hall–Kier alpha value is -1.90. The van der Waals surface area contributed by atoms with Gasteiger partial charge >= 0.3 is 24.3 Å². The molecule has 1 spiro atoms. The lowest BCUT2D eigenvalue weighted by molar-refractivity contribution is -0.193. The van der Waals surface area contributed by atoms with E-state index < -0.39 is 24.3 Å². The van der Waals surface area contributed by atoms with Crippen molar-refractivity contribution in [1.29, 1.82) is 0 Å². The average molecular weight is 523 g/mol. The smallest absolute Gasteiger partial charge is 0.475 e. The Morgan fingerprint density at radius 1 is 1.06 bits per heavy atom. The molecular formula is C20H28F6N2O5S. The molecule has 7 nitrogen and oxygen atoms in total. The van der Waals surface area contributed by atoms with E-state index in [1.807, 2.05) is 11.3 Å². The molecule has 2 aliphatic rings. The third-order valence-corrected chi connectivity index (χ3v) is 6.01. The predicted octanol–water partition coefficient (Wildman–Crippen LogP) is 3.95. The van der Waals surface area contributed by atoms with Crippen LogP contribution in [-0.4, -0.2) is 90.2 Å². The summed E-state index contributed by atoms with van der Waals surface area (Å²) in [4.78, 5) is 24.5. The van der Waals surface area contributed by atoms with Gasteiger partial charge in [0.2, 0.25) is 0 Å². The predicted molar refractivity (Wildman–Crippen MR) is 112 cm³/mol. The van der Waals surface area contributed by atoms with Gasteiger partial charge in [-0.05, 0) is 37.4 Å².